The molecule has 1 aromatic rings. The Bertz CT molecular complexity index is 439. The molecule has 0 atom stereocenters. The number of carboxylic acid groups (broad SMARTS) is 1. The van der Waals surface area contributed by atoms with Gasteiger partial charge in [0.15, 0.2) is 0 Å². The van der Waals surface area contributed by atoms with Gasteiger partial charge in [-0.1, -0.05) is 18.5 Å². The lowest BCUT2D eigenvalue weighted by Crippen LogP contribution is -2.54. The molecule has 1 aromatic carbocycles. The fourth-order valence-electron chi connectivity index (χ4n) is 2.45. The highest BCUT2D eigenvalue weighted by Crippen LogP contribution is 2.28. The van der Waals surface area contributed by atoms with Gasteiger partial charge in [0.2, 0.25) is 0 Å². The van der Waals surface area contributed by atoms with Gasteiger partial charge in [0, 0.05) is 23.8 Å². The average molecular weight is 283 g/mol. The average Bonchev–Trinajstić information content (AvgIpc) is 2.42. The minimum Gasteiger partial charge on any atom is -0.480 e. The second-order valence-electron chi connectivity index (χ2n) is 4.95. The summed E-state index contributed by atoms with van der Waals surface area (Å²) in [5, 5.41) is 13.4. The van der Waals surface area contributed by atoms with Gasteiger partial charge in [0.25, 0.3) is 0 Å². The maximum atomic E-state index is 11.6. The Balaban J connectivity index is 2.12. The van der Waals surface area contributed by atoms with Crippen LogP contribution in [-0.4, -0.2) is 41.1 Å². The molecule has 19 heavy (non-hydrogen) atoms. The normalized spacial score (nSPS) is 19.1. The molecule has 1 aliphatic heterocycles. The Kier molecular flexibility index (Phi) is 4.32. The van der Waals surface area contributed by atoms with E-state index in [1.54, 1.807) is 12.1 Å². The van der Waals surface area contributed by atoms with Crippen LogP contribution in [0.5, 0.6) is 0 Å². The number of piperidine rings is 1. The van der Waals surface area contributed by atoms with E-state index in [-0.39, 0.29) is 0 Å². The van der Waals surface area contributed by atoms with Gasteiger partial charge >= 0.3 is 5.97 Å². The van der Waals surface area contributed by atoms with Gasteiger partial charge in [0.1, 0.15) is 5.54 Å². The van der Waals surface area contributed by atoms with Crippen molar-refractivity contribution in [2.24, 2.45) is 0 Å². The van der Waals surface area contributed by atoms with E-state index in [1.807, 2.05) is 12.1 Å². The zero-order valence-electron chi connectivity index (χ0n) is 11.0. The SMILES string of the molecule is CCN1CCC(Nc2ccc(Cl)cc2)(C(=O)O)CC1. The number of rotatable bonds is 4. The molecular weight excluding hydrogens is 264 g/mol. The summed E-state index contributed by atoms with van der Waals surface area (Å²) in [6.07, 6.45) is 1.22. The van der Waals surface area contributed by atoms with E-state index in [0.29, 0.717) is 17.9 Å². The van der Waals surface area contributed by atoms with Gasteiger partial charge in [-0.05, 0) is 43.7 Å². The van der Waals surface area contributed by atoms with E-state index in [9.17, 15) is 9.90 Å². The van der Waals surface area contributed by atoms with Crippen molar-refractivity contribution in [2.75, 3.05) is 25.0 Å². The van der Waals surface area contributed by atoms with Crippen LogP contribution in [0.1, 0.15) is 19.8 Å². The van der Waals surface area contributed by atoms with Crippen LogP contribution in [0.15, 0.2) is 24.3 Å². The van der Waals surface area contributed by atoms with Gasteiger partial charge < -0.3 is 15.3 Å². The summed E-state index contributed by atoms with van der Waals surface area (Å²) >= 11 is 5.84. The van der Waals surface area contributed by atoms with Gasteiger partial charge in [-0.15, -0.1) is 0 Å². The quantitative estimate of drug-likeness (QED) is 0.891. The first-order valence-corrected chi connectivity index (χ1v) is 6.93. The fraction of sp³-hybridized carbons (Fsp3) is 0.500. The van der Waals surface area contributed by atoms with Crippen LogP contribution in [-0.2, 0) is 4.79 Å². The van der Waals surface area contributed by atoms with Crippen LogP contribution < -0.4 is 5.32 Å². The first kappa shape index (κ1) is 14.2. The van der Waals surface area contributed by atoms with Gasteiger partial charge in [-0.25, -0.2) is 4.79 Å². The lowest BCUT2D eigenvalue weighted by atomic mass is 9.87. The number of nitrogens with one attached hydrogen (secondary N) is 1. The molecule has 104 valence electrons. The van der Waals surface area contributed by atoms with E-state index in [2.05, 4.69) is 17.1 Å². The largest absolute Gasteiger partial charge is 0.480 e. The maximum absolute atomic E-state index is 11.6. The van der Waals surface area contributed by atoms with E-state index in [0.717, 1.165) is 25.3 Å². The van der Waals surface area contributed by atoms with Crippen molar-refractivity contribution in [1.29, 1.82) is 0 Å². The number of hydrogen-bond donors (Lipinski definition) is 2. The van der Waals surface area contributed by atoms with Crippen LogP contribution in [0.2, 0.25) is 5.02 Å². The second kappa shape index (κ2) is 5.80. The molecule has 2 N–H and O–H groups in total. The highest BCUT2D eigenvalue weighted by molar-refractivity contribution is 6.30. The first-order valence-electron chi connectivity index (χ1n) is 6.55. The van der Waals surface area contributed by atoms with Crippen molar-refractivity contribution >= 4 is 23.3 Å². The molecule has 0 amide bonds. The van der Waals surface area contributed by atoms with Crippen molar-refractivity contribution in [2.45, 2.75) is 25.3 Å². The van der Waals surface area contributed by atoms with E-state index in [4.69, 9.17) is 11.6 Å². The molecule has 0 aliphatic carbocycles. The van der Waals surface area contributed by atoms with Crippen molar-refractivity contribution in [3.63, 3.8) is 0 Å². The highest BCUT2D eigenvalue weighted by atomic mass is 35.5. The van der Waals surface area contributed by atoms with Crippen LogP contribution >= 0.6 is 11.6 Å². The predicted octanol–water partition coefficient (Wildman–Crippen LogP) is 2.69. The Morgan fingerprint density at radius 2 is 1.95 bits per heavy atom. The summed E-state index contributed by atoms with van der Waals surface area (Å²) < 4.78 is 0. The van der Waals surface area contributed by atoms with Gasteiger partial charge in [0.05, 0.1) is 0 Å². The maximum Gasteiger partial charge on any atom is 0.329 e. The number of aliphatic carboxylic acids is 1. The molecule has 1 fully saturated rings. The number of hydrogen-bond acceptors (Lipinski definition) is 3. The summed E-state index contributed by atoms with van der Waals surface area (Å²) in [6.45, 7) is 4.68. The predicted molar refractivity (Wildman–Crippen MR) is 76.8 cm³/mol. The molecule has 0 spiro atoms. The first-order chi connectivity index (χ1) is 9.05. The minimum absolute atomic E-state index is 0.610. The summed E-state index contributed by atoms with van der Waals surface area (Å²) in [6, 6.07) is 7.17. The summed E-state index contributed by atoms with van der Waals surface area (Å²) in [5.74, 6) is -0.779. The Labute approximate surface area is 118 Å². The fourth-order valence-corrected chi connectivity index (χ4v) is 2.58. The monoisotopic (exact) mass is 282 g/mol. The third-order valence-corrected chi connectivity index (χ3v) is 4.05. The lowest BCUT2D eigenvalue weighted by molar-refractivity contribution is -0.144. The van der Waals surface area contributed by atoms with Crippen molar-refractivity contribution < 1.29 is 9.90 Å². The Hall–Kier alpha value is -1.26. The summed E-state index contributed by atoms with van der Waals surface area (Å²) in [7, 11) is 0. The molecule has 1 saturated heterocycles. The summed E-state index contributed by atoms with van der Waals surface area (Å²) in [5.41, 5.74) is -0.0591. The second-order valence-corrected chi connectivity index (χ2v) is 5.39. The number of benzene rings is 1. The van der Waals surface area contributed by atoms with Crippen LogP contribution in [0.4, 0.5) is 5.69 Å². The Morgan fingerprint density at radius 3 is 2.42 bits per heavy atom. The zero-order valence-corrected chi connectivity index (χ0v) is 11.8. The molecule has 0 bridgehead atoms. The third kappa shape index (κ3) is 3.19. The summed E-state index contributed by atoms with van der Waals surface area (Å²) in [4.78, 5) is 13.9. The molecule has 4 nitrogen and oxygen atoms in total. The molecule has 0 unspecified atom stereocenters. The number of carbonyl (C=O) groups is 1. The van der Waals surface area contributed by atoms with Crippen molar-refractivity contribution in [3.8, 4) is 0 Å². The number of likely N-dealkylation sites (tertiary alicyclic amines) is 1. The van der Waals surface area contributed by atoms with E-state index in [1.165, 1.54) is 0 Å². The van der Waals surface area contributed by atoms with E-state index < -0.39 is 11.5 Å². The smallest absolute Gasteiger partial charge is 0.329 e. The number of halogens is 1. The third-order valence-electron chi connectivity index (χ3n) is 3.79. The molecule has 0 saturated carbocycles. The van der Waals surface area contributed by atoms with Crippen molar-refractivity contribution in [3.05, 3.63) is 29.3 Å². The van der Waals surface area contributed by atoms with Crippen molar-refractivity contribution in [1.82, 2.24) is 4.90 Å². The number of nitrogens with zero attached hydrogens (tertiary/aromatic N) is 1. The number of carboxylic acids is 1. The topological polar surface area (TPSA) is 52.6 Å². The molecule has 1 aliphatic rings. The highest BCUT2D eigenvalue weighted by Gasteiger charge is 2.41. The standard InChI is InChI=1S/C14H19ClN2O2/c1-2-17-9-7-14(8-10-17,13(18)19)16-12-5-3-11(15)4-6-12/h3-6,16H,2,7-10H2,1H3,(H,18,19). The molecule has 5 heteroatoms. The molecule has 0 radical (unpaired) electrons. The van der Waals surface area contributed by atoms with Gasteiger partial charge in [-0.2, -0.15) is 0 Å². The lowest BCUT2D eigenvalue weighted by Gasteiger charge is -2.39. The van der Waals surface area contributed by atoms with Gasteiger partial charge in [-0.3, -0.25) is 0 Å². The van der Waals surface area contributed by atoms with Crippen LogP contribution in [0.25, 0.3) is 0 Å². The molecule has 2 rings (SSSR count). The van der Waals surface area contributed by atoms with Crippen LogP contribution in [0, 0.1) is 0 Å². The molecular formula is C14H19ClN2O2. The minimum atomic E-state index is -0.862. The van der Waals surface area contributed by atoms with Crippen LogP contribution in [0.3, 0.4) is 0 Å². The number of anilines is 1. The van der Waals surface area contributed by atoms with E-state index >= 15 is 0 Å². The molecule has 1 heterocycles. The zero-order chi connectivity index (χ0) is 13.9. The Morgan fingerprint density at radius 1 is 1.37 bits per heavy atom. The molecule has 0 aromatic heterocycles.